The van der Waals surface area contributed by atoms with Crippen molar-refractivity contribution in [3.63, 3.8) is 0 Å². The van der Waals surface area contributed by atoms with Gasteiger partial charge in [-0.05, 0) is 61.2 Å². The average molecular weight is 312 g/mol. The molecule has 2 aromatic rings. The Labute approximate surface area is 137 Å². The number of nitrogens with one attached hydrogen (secondary N) is 1. The van der Waals surface area contributed by atoms with Gasteiger partial charge in [0.1, 0.15) is 5.75 Å². The van der Waals surface area contributed by atoms with Crippen molar-refractivity contribution in [2.75, 3.05) is 24.3 Å². The number of aryl methyl sites for hydroxylation is 3. The van der Waals surface area contributed by atoms with E-state index in [-0.39, 0.29) is 11.7 Å². The maximum absolute atomic E-state index is 12.1. The van der Waals surface area contributed by atoms with Gasteiger partial charge in [0.15, 0.2) is 0 Å². The molecule has 2 rings (SSSR count). The van der Waals surface area contributed by atoms with Gasteiger partial charge in [-0.3, -0.25) is 4.79 Å². The lowest BCUT2D eigenvalue weighted by Crippen LogP contribution is -2.13. The number of amides is 1. The van der Waals surface area contributed by atoms with Gasteiger partial charge in [0.05, 0.1) is 0 Å². The molecule has 2 N–H and O–H groups in total. The van der Waals surface area contributed by atoms with E-state index in [1.165, 1.54) is 0 Å². The van der Waals surface area contributed by atoms with Crippen LogP contribution < -0.4 is 10.2 Å². The van der Waals surface area contributed by atoms with Crippen LogP contribution >= 0.6 is 0 Å². The van der Waals surface area contributed by atoms with Crippen LogP contribution in [0.5, 0.6) is 5.75 Å². The molecule has 122 valence electrons. The van der Waals surface area contributed by atoms with Gasteiger partial charge < -0.3 is 15.3 Å². The molecule has 1 amide bonds. The van der Waals surface area contributed by atoms with Gasteiger partial charge in [0.25, 0.3) is 0 Å². The van der Waals surface area contributed by atoms with E-state index in [4.69, 9.17) is 0 Å². The van der Waals surface area contributed by atoms with Gasteiger partial charge in [-0.25, -0.2) is 0 Å². The third-order valence-corrected chi connectivity index (χ3v) is 3.87. The van der Waals surface area contributed by atoms with Gasteiger partial charge in [-0.15, -0.1) is 0 Å². The number of phenols is 1. The number of hydrogen-bond acceptors (Lipinski definition) is 3. The largest absolute Gasteiger partial charge is 0.507 e. The first-order chi connectivity index (χ1) is 10.9. The highest BCUT2D eigenvalue weighted by Crippen LogP contribution is 2.25. The number of phenolic OH excluding ortho intramolecular Hbond substituents is 1. The highest BCUT2D eigenvalue weighted by Gasteiger charge is 2.07. The van der Waals surface area contributed by atoms with Crippen molar-refractivity contribution >= 4 is 17.3 Å². The topological polar surface area (TPSA) is 52.6 Å². The molecule has 0 fully saturated rings. The van der Waals surface area contributed by atoms with Crippen LogP contribution in [-0.2, 0) is 11.2 Å². The van der Waals surface area contributed by atoms with E-state index < -0.39 is 0 Å². The Morgan fingerprint density at radius 3 is 2.17 bits per heavy atom. The molecule has 0 aliphatic heterocycles. The Morgan fingerprint density at radius 1 is 1.09 bits per heavy atom. The molecule has 0 atom stereocenters. The predicted octanol–water partition coefficient (Wildman–Crippen LogP) is 3.65. The molecule has 0 unspecified atom stereocenters. The summed E-state index contributed by atoms with van der Waals surface area (Å²) in [6.07, 6.45) is 1.13. The first-order valence-electron chi connectivity index (χ1n) is 7.73. The van der Waals surface area contributed by atoms with Crippen molar-refractivity contribution in [2.24, 2.45) is 0 Å². The highest BCUT2D eigenvalue weighted by atomic mass is 16.3. The minimum absolute atomic E-state index is 0.0221. The smallest absolute Gasteiger partial charge is 0.224 e. The number of rotatable bonds is 5. The van der Waals surface area contributed by atoms with Gasteiger partial charge in [0.2, 0.25) is 5.91 Å². The van der Waals surface area contributed by atoms with E-state index in [9.17, 15) is 9.90 Å². The van der Waals surface area contributed by atoms with Gasteiger partial charge >= 0.3 is 0 Å². The molecule has 0 heterocycles. The summed E-state index contributed by atoms with van der Waals surface area (Å²) in [7, 11) is 4.01. The molecule has 4 nitrogen and oxygen atoms in total. The molecule has 0 spiro atoms. The minimum Gasteiger partial charge on any atom is -0.507 e. The summed E-state index contributed by atoms with van der Waals surface area (Å²) < 4.78 is 0. The van der Waals surface area contributed by atoms with Crippen molar-refractivity contribution in [1.29, 1.82) is 0 Å². The fraction of sp³-hybridized carbons (Fsp3) is 0.316. The monoisotopic (exact) mass is 312 g/mol. The van der Waals surface area contributed by atoms with Crippen molar-refractivity contribution in [3.8, 4) is 5.75 Å². The van der Waals surface area contributed by atoms with Crippen molar-refractivity contribution in [2.45, 2.75) is 26.7 Å². The van der Waals surface area contributed by atoms with E-state index in [2.05, 4.69) is 29.6 Å². The zero-order chi connectivity index (χ0) is 17.0. The van der Waals surface area contributed by atoms with Crippen molar-refractivity contribution in [3.05, 3.63) is 53.1 Å². The minimum atomic E-state index is -0.0221. The molecule has 2 aromatic carbocycles. The second kappa shape index (κ2) is 7.18. The summed E-state index contributed by atoms with van der Waals surface area (Å²) in [5, 5.41) is 12.7. The van der Waals surface area contributed by atoms with E-state index in [0.29, 0.717) is 12.8 Å². The van der Waals surface area contributed by atoms with Crippen molar-refractivity contribution < 1.29 is 9.90 Å². The van der Waals surface area contributed by atoms with Crippen LogP contribution in [0.25, 0.3) is 0 Å². The molecule has 0 saturated heterocycles. The average Bonchev–Trinajstić information content (AvgIpc) is 2.51. The van der Waals surface area contributed by atoms with Crippen LogP contribution in [0.15, 0.2) is 36.4 Å². The second-order valence-corrected chi connectivity index (χ2v) is 6.07. The third-order valence-electron chi connectivity index (χ3n) is 3.87. The Hall–Kier alpha value is -2.49. The maximum Gasteiger partial charge on any atom is 0.224 e. The van der Waals surface area contributed by atoms with Crippen LogP contribution in [0.2, 0.25) is 0 Å². The van der Waals surface area contributed by atoms with Crippen LogP contribution in [-0.4, -0.2) is 25.1 Å². The first kappa shape index (κ1) is 16.9. The summed E-state index contributed by atoms with van der Waals surface area (Å²) in [6.45, 7) is 3.65. The summed E-state index contributed by atoms with van der Waals surface area (Å²) in [4.78, 5) is 14.1. The predicted molar refractivity (Wildman–Crippen MR) is 95.3 cm³/mol. The molecule has 0 saturated carbocycles. The van der Waals surface area contributed by atoms with E-state index in [1.54, 1.807) is 12.1 Å². The quantitative estimate of drug-likeness (QED) is 0.829. The Balaban J connectivity index is 1.92. The SMILES string of the molecule is Cc1cc(NC(=O)CCc2ccc(N(C)C)cc2)cc(C)c1O. The van der Waals surface area contributed by atoms with Gasteiger partial charge in [-0.1, -0.05) is 12.1 Å². The van der Waals surface area contributed by atoms with E-state index in [0.717, 1.165) is 28.1 Å². The van der Waals surface area contributed by atoms with Gasteiger partial charge in [-0.2, -0.15) is 0 Å². The second-order valence-electron chi connectivity index (χ2n) is 6.07. The van der Waals surface area contributed by atoms with Crippen LogP contribution in [0.4, 0.5) is 11.4 Å². The Kier molecular flexibility index (Phi) is 5.27. The lowest BCUT2D eigenvalue weighted by atomic mass is 10.1. The molecule has 0 aromatic heterocycles. The van der Waals surface area contributed by atoms with Crippen LogP contribution in [0.3, 0.4) is 0 Å². The number of carbonyl (C=O) groups excluding carboxylic acids is 1. The summed E-state index contributed by atoms with van der Waals surface area (Å²) in [5.74, 6) is 0.259. The number of nitrogens with zero attached hydrogens (tertiary/aromatic N) is 1. The third kappa shape index (κ3) is 4.49. The molecular formula is C19H24N2O2. The van der Waals surface area contributed by atoms with Crippen molar-refractivity contribution in [1.82, 2.24) is 0 Å². The molecule has 4 heteroatoms. The number of aromatic hydroxyl groups is 1. The Morgan fingerprint density at radius 2 is 1.65 bits per heavy atom. The number of carbonyl (C=O) groups is 1. The molecule has 0 radical (unpaired) electrons. The zero-order valence-corrected chi connectivity index (χ0v) is 14.2. The molecule has 0 bridgehead atoms. The number of anilines is 2. The lowest BCUT2D eigenvalue weighted by Gasteiger charge is -2.13. The first-order valence-corrected chi connectivity index (χ1v) is 7.73. The maximum atomic E-state index is 12.1. The van der Waals surface area contributed by atoms with Crippen LogP contribution in [0, 0.1) is 13.8 Å². The highest BCUT2D eigenvalue weighted by molar-refractivity contribution is 5.91. The summed E-state index contributed by atoms with van der Waals surface area (Å²) in [6, 6.07) is 11.8. The van der Waals surface area contributed by atoms with E-state index >= 15 is 0 Å². The standard InChI is InChI=1S/C19H24N2O2/c1-13-11-16(12-14(2)19(13)23)20-18(22)10-7-15-5-8-17(9-6-15)21(3)4/h5-6,8-9,11-12,23H,7,10H2,1-4H3,(H,20,22). The molecule has 0 aliphatic rings. The van der Waals surface area contributed by atoms with E-state index in [1.807, 2.05) is 32.8 Å². The fourth-order valence-corrected chi connectivity index (χ4v) is 2.47. The number of hydrogen-bond donors (Lipinski definition) is 2. The Bertz CT molecular complexity index is 668. The molecule has 23 heavy (non-hydrogen) atoms. The summed E-state index contributed by atoms with van der Waals surface area (Å²) in [5.41, 5.74) is 4.54. The fourth-order valence-electron chi connectivity index (χ4n) is 2.47. The van der Waals surface area contributed by atoms with Gasteiger partial charge in [0, 0.05) is 31.9 Å². The van der Waals surface area contributed by atoms with Crippen LogP contribution in [0.1, 0.15) is 23.1 Å². The summed E-state index contributed by atoms with van der Waals surface area (Å²) >= 11 is 0. The zero-order valence-electron chi connectivity index (χ0n) is 14.2. The normalized spacial score (nSPS) is 10.4. The molecule has 0 aliphatic carbocycles. The lowest BCUT2D eigenvalue weighted by molar-refractivity contribution is -0.116. The molecular weight excluding hydrogens is 288 g/mol. The number of benzene rings is 2.